The molecule has 0 amide bonds. The van der Waals surface area contributed by atoms with Gasteiger partial charge in [0.1, 0.15) is 5.75 Å². The van der Waals surface area contributed by atoms with Gasteiger partial charge in [-0.1, -0.05) is 15.9 Å². The number of hydrogen-bond acceptors (Lipinski definition) is 2. The molecule has 0 aliphatic rings. The Morgan fingerprint density at radius 2 is 2.28 bits per heavy atom. The van der Waals surface area contributed by atoms with Gasteiger partial charge >= 0.3 is 0 Å². The van der Waals surface area contributed by atoms with Crippen molar-refractivity contribution in [2.75, 3.05) is 7.11 Å². The molecule has 18 heavy (non-hydrogen) atoms. The summed E-state index contributed by atoms with van der Waals surface area (Å²) >= 11 is 9.48. The smallest absolute Gasteiger partial charge is 0.124 e. The largest absolute Gasteiger partial charge is 0.496 e. The van der Waals surface area contributed by atoms with Crippen molar-refractivity contribution in [3.63, 3.8) is 0 Å². The molecule has 0 fully saturated rings. The van der Waals surface area contributed by atoms with Crippen LogP contribution < -0.4 is 4.74 Å². The van der Waals surface area contributed by atoms with Crippen LogP contribution in [0, 0.1) is 0 Å². The molecule has 0 saturated carbocycles. The molecule has 1 unspecified atom stereocenters. The summed E-state index contributed by atoms with van der Waals surface area (Å²) in [5, 5.41) is 4.27. The van der Waals surface area contributed by atoms with E-state index in [1.807, 2.05) is 36.0 Å². The number of ether oxygens (including phenoxy) is 1. The minimum atomic E-state index is -0.0249. The van der Waals surface area contributed by atoms with Crippen molar-refractivity contribution in [1.82, 2.24) is 9.78 Å². The second kappa shape index (κ2) is 5.76. The molecule has 1 aromatic heterocycles. The molecule has 2 aromatic rings. The second-order valence-electron chi connectivity index (χ2n) is 4.04. The van der Waals surface area contributed by atoms with E-state index in [1.165, 1.54) is 0 Å². The van der Waals surface area contributed by atoms with E-state index in [-0.39, 0.29) is 5.38 Å². The van der Waals surface area contributed by atoms with Crippen LogP contribution >= 0.6 is 27.5 Å². The van der Waals surface area contributed by atoms with Crippen LogP contribution in [0.25, 0.3) is 0 Å². The van der Waals surface area contributed by atoms with Crippen LogP contribution in [-0.4, -0.2) is 16.9 Å². The van der Waals surface area contributed by atoms with Crippen molar-refractivity contribution in [2.45, 2.75) is 18.8 Å². The van der Waals surface area contributed by atoms with Crippen molar-refractivity contribution >= 4 is 27.5 Å². The van der Waals surface area contributed by atoms with E-state index in [0.717, 1.165) is 21.3 Å². The highest BCUT2D eigenvalue weighted by Gasteiger charge is 2.08. The number of nitrogens with zero attached hydrogens (tertiary/aromatic N) is 2. The summed E-state index contributed by atoms with van der Waals surface area (Å²) in [5.41, 5.74) is 2.09. The number of alkyl halides is 1. The Morgan fingerprint density at radius 1 is 1.50 bits per heavy atom. The molecule has 0 spiro atoms. The molecular weight excluding hydrogens is 316 g/mol. The third-order valence-electron chi connectivity index (χ3n) is 2.69. The topological polar surface area (TPSA) is 27.1 Å². The molecule has 0 radical (unpaired) electrons. The van der Waals surface area contributed by atoms with E-state index in [1.54, 1.807) is 13.3 Å². The average Bonchev–Trinajstić information content (AvgIpc) is 2.78. The molecule has 0 saturated heterocycles. The number of aromatic nitrogens is 2. The van der Waals surface area contributed by atoms with Gasteiger partial charge in [0.15, 0.2) is 0 Å². The van der Waals surface area contributed by atoms with Crippen LogP contribution in [-0.2, 0) is 6.54 Å². The number of rotatable bonds is 4. The summed E-state index contributed by atoms with van der Waals surface area (Å²) in [6.07, 6.45) is 3.75. The highest BCUT2D eigenvalue weighted by Crippen LogP contribution is 2.24. The predicted octanol–water partition coefficient (Wildman–Crippen LogP) is 4.00. The van der Waals surface area contributed by atoms with Gasteiger partial charge in [-0.2, -0.15) is 5.10 Å². The Bertz CT molecular complexity index is 540. The molecule has 3 nitrogen and oxygen atoms in total. The lowest BCUT2D eigenvalue weighted by molar-refractivity contribution is 0.407. The van der Waals surface area contributed by atoms with E-state index < -0.39 is 0 Å². The third-order valence-corrected chi connectivity index (χ3v) is 3.43. The fraction of sp³-hybridized carbons (Fsp3) is 0.308. The first kappa shape index (κ1) is 13.4. The first-order chi connectivity index (χ1) is 8.60. The maximum Gasteiger partial charge on any atom is 0.124 e. The summed E-state index contributed by atoms with van der Waals surface area (Å²) in [6.45, 7) is 2.59. The Morgan fingerprint density at radius 3 is 2.89 bits per heavy atom. The molecule has 5 heteroatoms. The highest BCUT2D eigenvalue weighted by atomic mass is 79.9. The third kappa shape index (κ3) is 3.06. The lowest BCUT2D eigenvalue weighted by Crippen LogP contribution is -2.02. The van der Waals surface area contributed by atoms with E-state index >= 15 is 0 Å². The fourth-order valence-electron chi connectivity index (χ4n) is 1.72. The Balaban J connectivity index is 2.24. The maximum atomic E-state index is 6.02. The molecule has 1 heterocycles. The van der Waals surface area contributed by atoms with Crippen LogP contribution in [0.1, 0.15) is 23.4 Å². The van der Waals surface area contributed by atoms with Gasteiger partial charge in [-0.25, -0.2) is 0 Å². The van der Waals surface area contributed by atoms with E-state index in [9.17, 15) is 0 Å². The van der Waals surface area contributed by atoms with Gasteiger partial charge in [0.05, 0.1) is 25.2 Å². The Labute approximate surface area is 120 Å². The molecule has 0 aliphatic heterocycles. The highest BCUT2D eigenvalue weighted by molar-refractivity contribution is 9.10. The minimum Gasteiger partial charge on any atom is -0.496 e. The van der Waals surface area contributed by atoms with Gasteiger partial charge in [0.2, 0.25) is 0 Å². The fourth-order valence-corrected chi connectivity index (χ4v) is 2.24. The van der Waals surface area contributed by atoms with Crippen LogP contribution in [0.4, 0.5) is 0 Å². The monoisotopic (exact) mass is 328 g/mol. The molecule has 96 valence electrons. The summed E-state index contributed by atoms with van der Waals surface area (Å²) in [4.78, 5) is 0. The van der Waals surface area contributed by atoms with E-state index in [0.29, 0.717) is 6.54 Å². The predicted molar refractivity (Wildman–Crippen MR) is 76.3 cm³/mol. The van der Waals surface area contributed by atoms with Crippen molar-refractivity contribution < 1.29 is 4.74 Å². The zero-order valence-electron chi connectivity index (χ0n) is 10.2. The SMILES string of the molecule is COc1ccc(Br)cc1Cn1cc(C(C)Cl)cn1. The van der Waals surface area contributed by atoms with Gasteiger partial charge in [-0.3, -0.25) is 4.68 Å². The number of methoxy groups -OCH3 is 1. The lowest BCUT2D eigenvalue weighted by atomic mass is 10.2. The Hall–Kier alpha value is -1.00. The van der Waals surface area contributed by atoms with Crippen LogP contribution in [0.15, 0.2) is 35.1 Å². The molecule has 1 aromatic carbocycles. The second-order valence-corrected chi connectivity index (χ2v) is 5.61. The first-order valence-corrected chi connectivity index (χ1v) is 6.82. The molecule has 0 N–H and O–H groups in total. The van der Waals surface area contributed by atoms with Crippen molar-refractivity contribution in [3.05, 3.63) is 46.2 Å². The van der Waals surface area contributed by atoms with Crippen LogP contribution in [0.2, 0.25) is 0 Å². The minimum absolute atomic E-state index is 0.0249. The van der Waals surface area contributed by atoms with Crippen molar-refractivity contribution in [2.24, 2.45) is 0 Å². The normalized spacial score (nSPS) is 12.4. The van der Waals surface area contributed by atoms with Gasteiger partial charge in [0.25, 0.3) is 0 Å². The quantitative estimate of drug-likeness (QED) is 0.793. The Kier molecular flexibility index (Phi) is 4.30. The lowest BCUT2D eigenvalue weighted by Gasteiger charge is -2.09. The van der Waals surface area contributed by atoms with E-state index in [2.05, 4.69) is 21.0 Å². The van der Waals surface area contributed by atoms with Gasteiger partial charge < -0.3 is 4.74 Å². The van der Waals surface area contributed by atoms with Crippen molar-refractivity contribution in [3.8, 4) is 5.75 Å². The first-order valence-electron chi connectivity index (χ1n) is 5.59. The standard InChI is InChI=1S/C13H14BrClN2O/c1-9(15)11-6-16-17(8-11)7-10-5-12(14)3-4-13(10)18-2/h3-6,8-9H,7H2,1-2H3. The molecule has 2 rings (SSSR count). The number of halogens is 2. The summed E-state index contributed by atoms with van der Waals surface area (Å²) in [7, 11) is 1.67. The molecule has 0 aliphatic carbocycles. The van der Waals surface area contributed by atoms with Gasteiger partial charge in [-0.05, 0) is 25.1 Å². The maximum absolute atomic E-state index is 6.02. The number of benzene rings is 1. The summed E-state index contributed by atoms with van der Waals surface area (Å²) in [5.74, 6) is 0.856. The molecular formula is C13H14BrClN2O. The number of hydrogen-bond donors (Lipinski definition) is 0. The molecule has 0 bridgehead atoms. The van der Waals surface area contributed by atoms with Crippen LogP contribution in [0.5, 0.6) is 5.75 Å². The summed E-state index contributed by atoms with van der Waals surface area (Å²) in [6, 6.07) is 5.93. The van der Waals surface area contributed by atoms with E-state index in [4.69, 9.17) is 16.3 Å². The van der Waals surface area contributed by atoms with Gasteiger partial charge in [0, 0.05) is 21.8 Å². The molecule has 1 atom stereocenters. The zero-order valence-corrected chi connectivity index (χ0v) is 12.6. The van der Waals surface area contributed by atoms with Gasteiger partial charge in [-0.15, -0.1) is 11.6 Å². The van der Waals surface area contributed by atoms with Crippen LogP contribution in [0.3, 0.4) is 0 Å². The average molecular weight is 330 g/mol. The summed E-state index contributed by atoms with van der Waals surface area (Å²) < 4.78 is 8.22. The van der Waals surface area contributed by atoms with Crippen molar-refractivity contribution in [1.29, 1.82) is 0 Å². The zero-order chi connectivity index (χ0) is 13.1.